The quantitative estimate of drug-likeness (QED) is 0.435. The minimum atomic E-state index is -1.17. The summed E-state index contributed by atoms with van der Waals surface area (Å²) in [6, 6.07) is 16.7. The van der Waals surface area contributed by atoms with E-state index in [0.717, 1.165) is 11.1 Å². The van der Waals surface area contributed by atoms with Crippen LogP contribution < -0.4 is 4.74 Å². The normalized spacial score (nSPS) is 22.9. The lowest BCUT2D eigenvalue weighted by molar-refractivity contribution is -0.181. The maximum Gasteiger partial charge on any atom is 0.336 e. The summed E-state index contributed by atoms with van der Waals surface area (Å²) in [4.78, 5) is 12.1. The van der Waals surface area contributed by atoms with Gasteiger partial charge in [0.25, 0.3) is 0 Å². The number of rotatable bonds is 7. The first-order chi connectivity index (χ1) is 15.9. The Labute approximate surface area is 192 Å². The van der Waals surface area contributed by atoms with Gasteiger partial charge in [0.15, 0.2) is 0 Å². The fraction of sp³-hybridized carbons (Fsp3) is 0.346. The molecule has 33 heavy (non-hydrogen) atoms. The van der Waals surface area contributed by atoms with Gasteiger partial charge < -0.3 is 29.9 Å². The van der Waals surface area contributed by atoms with Gasteiger partial charge in [0, 0.05) is 12.0 Å². The van der Waals surface area contributed by atoms with E-state index >= 15 is 0 Å². The molecule has 4 N–H and O–H groups in total. The van der Waals surface area contributed by atoms with E-state index in [1.165, 1.54) is 0 Å². The summed E-state index contributed by atoms with van der Waals surface area (Å²) in [5.74, 6) is -0.388. The summed E-state index contributed by atoms with van der Waals surface area (Å²) in [6.45, 7) is 1.88. The number of aliphatic hydroxyl groups excluding tert-OH is 3. The Morgan fingerprint density at radius 1 is 1.12 bits per heavy atom. The van der Waals surface area contributed by atoms with Crippen LogP contribution >= 0.6 is 0 Å². The van der Waals surface area contributed by atoms with Crippen molar-refractivity contribution in [3.8, 4) is 16.9 Å². The molecule has 0 bridgehead atoms. The van der Waals surface area contributed by atoms with Gasteiger partial charge in [-0.05, 0) is 53.8 Å². The molecule has 3 aliphatic rings. The maximum absolute atomic E-state index is 12.1. The Balaban J connectivity index is 1.72. The van der Waals surface area contributed by atoms with Crippen molar-refractivity contribution >= 4 is 5.97 Å². The standard InChI is InChI=1S/C26H28O7/c1-2-32-21-9-8-15(11-19(21)22-13-20(28)25(29)23(14-27)33-22)10-17-12-16-6-4-3-5-7-18(16)24(17)26(30)31/h3-9,11-12,20,22-23,25,27-29H,2,10,13-14H2,1H3,(H,30,31)/t20-,22-,23-,25+/m1/s1. The molecule has 7 heteroatoms. The molecule has 0 aromatic heterocycles. The SMILES string of the molecule is CCOc1ccc(Cc2cc3cccccc-3c2C(=O)O)cc1[C@H]1C[C@@H](O)[C@H](O)[C@@H](CO)O1. The van der Waals surface area contributed by atoms with Crippen LogP contribution in [0.4, 0.5) is 0 Å². The summed E-state index contributed by atoms with van der Waals surface area (Å²) in [7, 11) is 0. The number of carbonyl (C=O) groups is 1. The number of fused-ring (bicyclic) bond motifs is 1. The highest BCUT2D eigenvalue weighted by Gasteiger charge is 2.38. The second-order valence-corrected chi connectivity index (χ2v) is 8.25. The molecule has 1 fully saturated rings. The molecule has 0 saturated carbocycles. The molecule has 1 aromatic rings. The largest absolute Gasteiger partial charge is 0.493 e. The maximum atomic E-state index is 12.1. The number of aromatic carboxylic acids is 1. The van der Waals surface area contributed by atoms with Gasteiger partial charge in [-0.3, -0.25) is 0 Å². The molecule has 0 spiro atoms. The zero-order valence-corrected chi connectivity index (χ0v) is 18.3. The molecular weight excluding hydrogens is 424 g/mol. The van der Waals surface area contributed by atoms with Crippen molar-refractivity contribution in [2.24, 2.45) is 0 Å². The zero-order valence-electron chi connectivity index (χ0n) is 18.3. The average molecular weight is 453 g/mol. The van der Waals surface area contributed by atoms with Gasteiger partial charge in [0.1, 0.15) is 18.0 Å². The van der Waals surface area contributed by atoms with Crippen LogP contribution in [0.1, 0.15) is 46.5 Å². The van der Waals surface area contributed by atoms with Crippen LogP contribution in [0, 0.1) is 0 Å². The van der Waals surface area contributed by atoms with E-state index in [1.54, 1.807) is 0 Å². The Bertz CT molecular complexity index is 1100. The molecule has 2 aliphatic carbocycles. The Hall–Kier alpha value is -2.97. The molecule has 4 atom stereocenters. The highest BCUT2D eigenvalue weighted by Crippen LogP contribution is 2.38. The van der Waals surface area contributed by atoms with Gasteiger partial charge in [0.2, 0.25) is 0 Å². The van der Waals surface area contributed by atoms with Crippen LogP contribution in [0.25, 0.3) is 11.1 Å². The first-order valence-corrected chi connectivity index (χ1v) is 11.0. The number of aliphatic hydroxyl groups is 3. The molecule has 174 valence electrons. The fourth-order valence-corrected chi connectivity index (χ4v) is 4.51. The summed E-state index contributed by atoms with van der Waals surface area (Å²) >= 11 is 0. The molecule has 0 unspecified atom stereocenters. The van der Waals surface area contributed by atoms with E-state index in [0.29, 0.717) is 35.5 Å². The van der Waals surface area contributed by atoms with Gasteiger partial charge in [-0.15, -0.1) is 0 Å². The minimum absolute atomic E-state index is 0.151. The third-order valence-corrected chi connectivity index (χ3v) is 6.07. The lowest BCUT2D eigenvalue weighted by Gasteiger charge is -2.37. The third-order valence-electron chi connectivity index (χ3n) is 6.07. The van der Waals surface area contributed by atoms with E-state index in [-0.39, 0.29) is 12.0 Å². The van der Waals surface area contributed by atoms with Crippen molar-refractivity contribution in [1.82, 2.24) is 0 Å². The predicted octanol–water partition coefficient (Wildman–Crippen LogP) is 3.02. The number of ether oxygens (including phenoxy) is 2. The van der Waals surface area contributed by atoms with Crippen molar-refractivity contribution in [3.63, 3.8) is 0 Å². The number of carboxylic acid groups (broad SMARTS) is 1. The topological polar surface area (TPSA) is 116 Å². The Morgan fingerprint density at radius 3 is 2.64 bits per heavy atom. The molecule has 1 heterocycles. The number of hydrogen-bond donors (Lipinski definition) is 4. The van der Waals surface area contributed by atoms with Crippen LogP contribution in [0.3, 0.4) is 0 Å². The summed E-state index contributed by atoms with van der Waals surface area (Å²) in [6.07, 6.45) is -3.16. The molecule has 0 radical (unpaired) electrons. The summed E-state index contributed by atoms with van der Waals surface area (Å²) in [5.41, 5.74) is 4.08. The summed E-state index contributed by atoms with van der Waals surface area (Å²) in [5, 5.41) is 39.8. The number of carboxylic acids is 1. The van der Waals surface area contributed by atoms with Crippen LogP contribution in [0.15, 0.2) is 54.6 Å². The van der Waals surface area contributed by atoms with Crippen LogP contribution in [-0.2, 0) is 11.2 Å². The van der Waals surface area contributed by atoms with Crippen LogP contribution in [0.2, 0.25) is 0 Å². The lowest BCUT2D eigenvalue weighted by Crippen LogP contribution is -2.47. The van der Waals surface area contributed by atoms with Crippen LogP contribution in [0.5, 0.6) is 5.75 Å². The fourth-order valence-electron chi connectivity index (χ4n) is 4.51. The van der Waals surface area contributed by atoms with Gasteiger partial charge in [0.05, 0.1) is 31.0 Å². The first kappa shape index (κ1) is 23.2. The molecule has 1 aromatic carbocycles. The second-order valence-electron chi connectivity index (χ2n) is 8.25. The van der Waals surface area contributed by atoms with Crippen molar-refractivity contribution in [3.05, 3.63) is 76.9 Å². The van der Waals surface area contributed by atoms with Crippen molar-refractivity contribution in [2.75, 3.05) is 13.2 Å². The van der Waals surface area contributed by atoms with Gasteiger partial charge >= 0.3 is 5.97 Å². The number of benzene rings is 1. The smallest absolute Gasteiger partial charge is 0.336 e. The summed E-state index contributed by atoms with van der Waals surface area (Å²) < 4.78 is 11.6. The highest BCUT2D eigenvalue weighted by molar-refractivity contribution is 5.99. The highest BCUT2D eigenvalue weighted by atomic mass is 16.5. The van der Waals surface area contributed by atoms with Gasteiger partial charge in [-0.25, -0.2) is 4.79 Å². The van der Waals surface area contributed by atoms with Crippen molar-refractivity contribution < 1.29 is 34.7 Å². The van der Waals surface area contributed by atoms with E-state index in [9.17, 15) is 25.2 Å². The molecule has 7 nitrogen and oxygen atoms in total. The minimum Gasteiger partial charge on any atom is -0.493 e. The van der Waals surface area contributed by atoms with Crippen molar-refractivity contribution in [1.29, 1.82) is 0 Å². The predicted molar refractivity (Wildman–Crippen MR) is 122 cm³/mol. The van der Waals surface area contributed by atoms with E-state index in [4.69, 9.17) is 9.47 Å². The molecule has 4 rings (SSSR count). The molecule has 1 aliphatic heterocycles. The van der Waals surface area contributed by atoms with Gasteiger partial charge in [-0.2, -0.15) is 0 Å². The number of hydrogen-bond acceptors (Lipinski definition) is 6. The second kappa shape index (κ2) is 9.89. The average Bonchev–Trinajstić information content (AvgIpc) is 2.97. The van der Waals surface area contributed by atoms with Crippen LogP contribution in [-0.4, -0.2) is 57.9 Å². The van der Waals surface area contributed by atoms with E-state index < -0.39 is 37.0 Å². The van der Waals surface area contributed by atoms with E-state index in [1.807, 2.05) is 61.5 Å². The molecule has 0 amide bonds. The van der Waals surface area contributed by atoms with E-state index in [2.05, 4.69) is 0 Å². The van der Waals surface area contributed by atoms with Crippen molar-refractivity contribution in [2.45, 2.75) is 44.2 Å². The lowest BCUT2D eigenvalue weighted by atomic mass is 9.91. The Kier molecular flexibility index (Phi) is 6.95. The zero-order chi connectivity index (χ0) is 23.5. The van der Waals surface area contributed by atoms with Gasteiger partial charge in [-0.1, -0.05) is 36.4 Å². The monoisotopic (exact) mass is 452 g/mol. The third kappa shape index (κ3) is 4.72. The molecule has 1 saturated heterocycles. The first-order valence-electron chi connectivity index (χ1n) is 11.0. The Morgan fingerprint density at radius 2 is 1.91 bits per heavy atom. The molecular formula is C26H28O7.